The van der Waals surface area contributed by atoms with Gasteiger partial charge in [0, 0.05) is 47.6 Å². The molecule has 0 aromatic heterocycles. The molecule has 2 aromatic carbocycles. The number of phenolic OH excluding ortho intramolecular Hbond substituents is 2. The van der Waals surface area contributed by atoms with E-state index >= 15 is 0 Å². The van der Waals surface area contributed by atoms with Gasteiger partial charge < -0.3 is 45.8 Å². The predicted octanol–water partition coefficient (Wildman–Crippen LogP) is -0.515. The van der Waals surface area contributed by atoms with Gasteiger partial charge in [-0.25, -0.2) is 0 Å². The highest BCUT2D eigenvalue weighted by Crippen LogP contribution is 2.52. The third-order valence-corrected chi connectivity index (χ3v) is 7.88. The molecule has 12 heteroatoms. The summed E-state index contributed by atoms with van der Waals surface area (Å²) in [5.41, 5.74) is 2.35. The zero-order chi connectivity index (χ0) is 28.4. The number of aliphatic hydroxyl groups is 4. The van der Waals surface area contributed by atoms with Crippen LogP contribution in [0.4, 0.5) is 0 Å². The number of Topliss-reactive ketones (excluding diaryl/α,β-unsaturated/α-hetero) is 1. The van der Waals surface area contributed by atoms with E-state index in [2.05, 4.69) is 0 Å². The molecule has 39 heavy (non-hydrogen) atoms. The number of ketones is 3. The van der Waals surface area contributed by atoms with E-state index in [0.29, 0.717) is 0 Å². The lowest BCUT2D eigenvalue weighted by Crippen LogP contribution is -2.53. The molecule has 208 valence electrons. The molecule has 1 unspecified atom stereocenters. The first-order chi connectivity index (χ1) is 18.4. The molecule has 0 amide bonds. The van der Waals surface area contributed by atoms with Crippen molar-refractivity contribution in [2.75, 3.05) is 6.61 Å². The van der Waals surface area contributed by atoms with Crippen LogP contribution in [0.15, 0.2) is 18.2 Å². The second-order valence-corrected chi connectivity index (χ2v) is 10.3. The summed E-state index contributed by atoms with van der Waals surface area (Å²) in [5, 5.41) is 63.4. The van der Waals surface area contributed by atoms with E-state index in [4.69, 9.17) is 15.2 Å². The lowest BCUT2D eigenvalue weighted by molar-refractivity contribution is -0.247. The van der Waals surface area contributed by atoms with Gasteiger partial charge in [0.1, 0.15) is 23.7 Å². The standard InChI is InChI=1S/C27H29NO11/c1-10-22(32)14(28)5-17(38-10)39-15-7-27(37,16(31)9-30)6-13-19(15)26(36)21-20(24(13)34)23(33)12-4-2-3-11(8-29)18(12)25(21)35/h2-4,10,14-15,17,22,29-30,32,34,36-37H,5-9,28H2,1H3/t10?,14-,15+,17+,22+,27+/m1/s1. The highest BCUT2D eigenvalue weighted by Gasteiger charge is 2.50. The monoisotopic (exact) mass is 543 g/mol. The molecule has 0 saturated carbocycles. The summed E-state index contributed by atoms with van der Waals surface area (Å²) < 4.78 is 11.7. The number of hydrogen-bond donors (Lipinski definition) is 7. The zero-order valence-electron chi connectivity index (χ0n) is 21.0. The topological polar surface area (TPSA) is 217 Å². The molecule has 0 bridgehead atoms. The molecule has 12 nitrogen and oxygen atoms in total. The fourth-order valence-corrected chi connectivity index (χ4v) is 5.81. The minimum Gasteiger partial charge on any atom is -0.507 e. The fourth-order valence-electron chi connectivity index (χ4n) is 5.81. The molecule has 1 saturated heterocycles. The van der Waals surface area contributed by atoms with Crippen molar-refractivity contribution in [1.29, 1.82) is 0 Å². The van der Waals surface area contributed by atoms with Crippen LogP contribution in [0.1, 0.15) is 74.4 Å². The molecular formula is C27H29NO11. The van der Waals surface area contributed by atoms with E-state index in [1.54, 1.807) is 6.92 Å². The van der Waals surface area contributed by atoms with Crippen LogP contribution in [0, 0.1) is 0 Å². The number of carbonyl (C=O) groups is 3. The van der Waals surface area contributed by atoms with Crippen molar-refractivity contribution in [2.24, 2.45) is 5.73 Å². The summed E-state index contributed by atoms with van der Waals surface area (Å²) >= 11 is 0. The van der Waals surface area contributed by atoms with Gasteiger partial charge >= 0.3 is 0 Å². The van der Waals surface area contributed by atoms with Crippen molar-refractivity contribution < 1.29 is 54.5 Å². The maximum absolute atomic E-state index is 13.6. The first kappa shape index (κ1) is 27.3. The van der Waals surface area contributed by atoms with Gasteiger partial charge in [0.05, 0.1) is 36.0 Å². The lowest BCUT2D eigenvalue weighted by Gasteiger charge is -2.42. The van der Waals surface area contributed by atoms with Crippen molar-refractivity contribution in [3.63, 3.8) is 0 Å². The summed E-state index contributed by atoms with van der Waals surface area (Å²) in [6, 6.07) is 3.53. The number of ether oxygens (including phenoxy) is 2. The molecule has 3 aliphatic rings. The molecule has 6 atom stereocenters. The van der Waals surface area contributed by atoms with Crippen LogP contribution in [-0.4, -0.2) is 84.7 Å². The Morgan fingerprint density at radius 2 is 1.82 bits per heavy atom. The zero-order valence-corrected chi connectivity index (χ0v) is 21.0. The number of aliphatic hydroxyl groups excluding tert-OH is 3. The Kier molecular flexibility index (Phi) is 6.84. The Balaban J connectivity index is 1.69. The average molecular weight is 544 g/mol. The van der Waals surface area contributed by atoms with Crippen LogP contribution in [-0.2, 0) is 27.3 Å². The summed E-state index contributed by atoms with van der Waals surface area (Å²) in [5.74, 6) is -4.00. The molecule has 5 rings (SSSR count). The number of carbonyl (C=O) groups excluding carboxylic acids is 3. The Labute approximate surface area is 222 Å². The van der Waals surface area contributed by atoms with Gasteiger partial charge in [-0.15, -0.1) is 0 Å². The van der Waals surface area contributed by atoms with Gasteiger partial charge in [-0.05, 0) is 12.5 Å². The number of phenols is 2. The number of rotatable bonds is 5. The van der Waals surface area contributed by atoms with E-state index in [0.717, 1.165) is 0 Å². The number of benzene rings is 2. The maximum atomic E-state index is 13.6. The summed E-state index contributed by atoms with van der Waals surface area (Å²) in [4.78, 5) is 39.7. The van der Waals surface area contributed by atoms with E-state index < -0.39 is 102 Å². The minimum absolute atomic E-state index is 0.00600. The van der Waals surface area contributed by atoms with E-state index in [9.17, 15) is 45.0 Å². The van der Waals surface area contributed by atoms with Gasteiger partial charge in [0.15, 0.2) is 23.6 Å². The van der Waals surface area contributed by atoms with Gasteiger partial charge in [-0.1, -0.05) is 18.2 Å². The molecule has 8 N–H and O–H groups in total. The fraction of sp³-hybridized carbons (Fsp3) is 0.444. The SMILES string of the molecule is CC1O[C@@H](O[C@H]2C[C@](O)(C(=O)CO)Cc3c(O)c4c(c(O)c32)C(=O)c2c(CO)cccc2C4=O)C[C@@H](N)[C@H]1O. The minimum atomic E-state index is -2.25. The molecule has 0 radical (unpaired) electrons. The largest absolute Gasteiger partial charge is 0.507 e. The van der Waals surface area contributed by atoms with Crippen LogP contribution < -0.4 is 5.73 Å². The molecule has 2 aromatic rings. The van der Waals surface area contributed by atoms with Crippen LogP contribution in [0.5, 0.6) is 11.5 Å². The van der Waals surface area contributed by atoms with Gasteiger partial charge in [-0.2, -0.15) is 0 Å². The van der Waals surface area contributed by atoms with Gasteiger partial charge in [0.2, 0.25) is 0 Å². The van der Waals surface area contributed by atoms with Crippen molar-refractivity contribution >= 4 is 17.3 Å². The Bertz CT molecular complexity index is 1380. The highest BCUT2D eigenvalue weighted by molar-refractivity contribution is 6.31. The van der Waals surface area contributed by atoms with E-state index in [-0.39, 0.29) is 34.2 Å². The van der Waals surface area contributed by atoms with Crippen molar-refractivity contribution in [1.82, 2.24) is 0 Å². The predicted molar refractivity (Wildman–Crippen MR) is 131 cm³/mol. The van der Waals surface area contributed by atoms with Crippen LogP contribution in [0.25, 0.3) is 0 Å². The first-order valence-corrected chi connectivity index (χ1v) is 12.5. The average Bonchev–Trinajstić information content (AvgIpc) is 2.90. The summed E-state index contributed by atoms with van der Waals surface area (Å²) in [6.07, 6.45) is -5.21. The Morgan fingerprint density at radius 1 is 1.13 bits per heavy atom. The Morgan fingerprint density at radius 3 is 2.46 bits per heavy atom. The highest BCUT2D eigenvalue weighted by atomic mass is 16.7. The maximum Gasteiger partial charge on any atom is 0.198 e. The van der Waals surface area contributed by atoms with Crippen molar-refractivity contribution in [3.05, 3.63) is 57.1 Å². The van der Waals surface area contributed by atoms with Gasteiger partial charge in [0.25, 0.3) is 0 Å². The number of nitrogens with two attached hydrogens (primary N) is 1. The second-order valence-electron chi connectivity index (χ2n) is 10.3. The molecular weight excluding hydrogens is 514 g/mol. The van der Waals surface area contributed by atoms with Crippen molar-refractivity contribution in [3.8, 4) is 11.5 Å². The summed E-state index contributed by atoms with van der Waals surface area (Å²) in [7, 11) is 0. The molecule has 1 aliphatic heterocycles. The number of hydrogen-bond acceptors (Lipinski definition) is 12. The summed E-state index contributed by atoms with van der Waals surface area (Å²) in [6.45, 7) is -0.0137. The van der Waals surface area contributed by atoms with Crippen LogP contribution in [0.2, 0.25) is 0 Å². The first-order valence-electron chi connectivity index (χ1n) is 12.5. The quantitative estimate of drug-likeness (QED) is 0.202. The smallest absolute Gasteiger partial charge is 0.198 e. The van der Waals surface area contributed by atoms with Gasteiger partial charge in [-0.3, -0.25) is 14.4 Å². The Hall–Kier alpha value is -3.23. The second kappa shape index (κ2) is 9.75. The van der Waals surface area contributed by atoms with Crippen molar-refractivity contribution in [2.45, 2.75) is 69.0 Å². The normalized spacial score (nSPS) is 29.9. The lowest BCUT2D eigenvalue weighted by atomic mass is 9.71. The molecule has 1 fully saturated rings. The van der Waals surface area contributed by atoms with Crippen LogP contribution in [0.3, 0.4) is 0 Å². The van der Waals surface area contributed by atoms with E-state index in [1.807, 2.05) is 0 Å². The third-order valence-electron chi connectivity index (χ3n) is 7.88. The van der Waals surface area contributed by atoms with Crippen LogP contribution >= 0.6 is 0 Å². The molecule has 0 spiro atoms. The molecule has 1 heterocycles. The molecule has 2 aliphatic carbocycles. The number of aromatic hydroxyl groups is 2. The van der Waals surface area contributed by atoms with E-state index in [1.165, 1.54) is 18.2 Å². The third kappa shape index (κ3) is 4.16. The number of fused-ring (bicyclic) bond motifs is 3.